The van der Waals surface area contributed by atoms with E-state index in [1.54, 1.807) is 0 Å². The molecular weight excluding hydrogens is 466 g/mol. The van der Waals surface area contributed by atoms with Crippen molar-refractivity contribution in [2.24, 2.45) is 5.92 Å². The Morgan fingerprint density at radius 1 is 1.11 bits per heavy atom. The van der Waals surface area contributed by atoms with Crippen LogP contribution in [0.2, 0.25) is 0 Å². The van der Waals surface area contributed by atoms with E-state index in [4.69, 9.17) is 9.47 Å². The van der Waals surface area contributed by atoms with Gasteiger partial charge in [-0.3, -0.25) is 14.5 Å². The van der Waals surface area contributed by atoms with Crippen LogP contribution in [0.15, 0.2) is 42.5 Å². The molecule has 1 saturated heterocycles. The fraction of sp³-hybridized carbons (Fsp3) is 0.533. The van der Waals surface area contributed by atoms with E-state index in [1.807, 2.05) is 36.2 Å². The number of esters is 1. The Kier molecular flexibility index (Phi) is 9.22. The third-order valence-electron chi connectivity index (χ3n) is 7.69. The van der Waals surface area contributed by atoms with Crippen LogP contribution < -0.4 is 15.0 Å². The number of hydrogen-bond donors (Lipinski definition) is 1. The molecule has 1 saturated carbocycles. The van der Waals surface area contributed by atoms with Crippen LogP contribution in [0.3, 0.4) is 0 Å². The number of ether oxygens (including phenoxy) is 2. The summed E-state index contributed by atoms with van der Waals surface area (Å²) in [7, 11) is 3.29. The molecule has 1 aliphatic carbocycles. The number of anilines is 1. The Balaban J connectivity index is 1.28. The molecule has 2 aromatic carbocycles. The molecule has 4 rings (SSSR count). The summed E-state index contributed by atoms with van der Waals surface area (Å²) in [5.74, 6) is 0.692. The molecule has 7 heteroatoms. The second kappa shape index (κ2) is 12.6. The van der Waals surface area contributed by atoms with Gasteiger partial charge in [0.2, 0.25) is 5.91 Å². The van der Waals surface area contributed by atoms with Crippen molar-refractivity contribution in [2.75, 3.05) is 38.7 Å². The highest BCUT2D eigenvalue weighted by atomic mass is 16.5. The van der Waals surface area contributed by atoms with Crippen LogP contribution in [0.4, 0.5) is 5.69 Å². The van der Waals surface area contributed by atoms with Crippen LogP contribution in [-0.4, -0.2) is 62.7 Å². The number of piperazine rings is 1. The average molecular weight is 508 g/mol. The molecule has 2 aliphatic rings. The maximum Gasteiger partial charge on any atom is 0.309 e. The SMILES string of the molecule is COC(=O)Cc1cccc(OC2CCC(C(=O)N(C)c3ccc(CN4CCNC(C)C4)c(C)c3)CC2)c1. The molecule has 1 unspecified atom stereocenters. The van der Waals surface area contributed by atoms with Crippen molar-refractivity contribution in [1.29, 1.82) is 0 Å². The molecule has 1 N–H and O–H groups in total. The molecule has 0 radical (unpaired) electrons. The number of nitrogens with one attached hydrogen (secondary N) is 1. The van der Waals surface area contributed by atoms with Gasteiger partial charge in [-0.15, -0.1) is 0 Å². The van der Waals surface area contributed by atoms with E-state index in [-0.39, 0.29) is 30.3 Å². The minimum atomic E-state index is -0.265. The van der Waals surface area contributed by atoms with Gasteiger partial charge >= 0.3 is 5.97 Å². The maximum atomic E-state index is 13.3. The zero-order valence-corrected chi connectivity index (χ0v) is 22.7. The van der Waals surface area contributed by atoms with Crippen LogP contribution >= 0.6 is 0 Å². The van der Waals surface area contributed by atoms with Crippen LogP contribution in [-0.2, 0) is 27.3 Å². The van der Waals surface area contributed by atoms with Gasteiger partial charge in [0.15, 0.2) is 0 Å². The maximum absolute atomic E-state index is 13.3. The van der Waals surface area contributed by atoms with Crippen LogP contribution in [0.1, 0.15) is 49.3 Å². The molecule has 1 aliphatic heterocycles. The van der Waals surface area contributed by atoms with Gasteiger partial charge in [-0.05, 0) is 80.5 Å². The highest BCUT2D eigenvalue weighted by molar-refractivity contribution is 5.94. The van der Waals surface area contributed by atoms with E-state index in [2.05, 4.69) is 42.3 Å². The normalized spacial score (nSPS) is 22.3. The van der Waals surface area contributed by atoms with Gasteiger partial charge in [0.05, 0.1) is 19.6 Å². The number of aryl methyl sites for hydroxylation is 1. The van der Waals surface area contributed by atoms with Crippen molar-refractivity contribution in [1.82, 2.24) is 10.2 Å². The number of hydrogen-bond acceptors (Lipinski definition) is 6. The number of amides is 1. The summed E-state index contributed by atoms with van der Waals surface area (Å²) in [5.41, 5.74) is 4.39. The number of rotatable bonds is 8. The van der Waals surface area contributed by atoms with Gasteiger partial charge in [-0.25, -0.2) is 0 Å². The summed E-state index contributed by atoms with van der Waals surface area (Å²) in [5, 5.41) is 3.50. The summed E-state index contributed by atoms with van der Waals surface area (Å²) < 4.78 is 11.0. The molecular formula is C30H41N3O4. The molecule has 200 valence electrons. The molecule has 2 fully saturated rings. The number of benzene rings is 2. The Morgan fingerprint density at radius 3 is 2.59 bits per heavy atom. The van der Waals surface area contributed by atoms with Crippen LogP contribution in [0, 0.1) is 12.8 Å². The van der Waals surface area contributed by atoms with E-state index in [0.717, 1.165) is 68.9 Å². The molecule has 2 aromatic rings. The Hall–Kier alpha value is -2.90. The summed E-state index contributed by atoms with van der Waals surface area (Å²) in [6.07, 6.45) is 3.62. The molecule has 1 heterocycles. The molecule has 0 spiro atoms. The largest absolute Gasteiger partial charge is 0.490 e. The minimum Gasteiger partial charge on any atom is -0.490 e. The third kappa shape index (κ3) is 7.33. The topological polar surface area (TPSA) is 71.1 Å². The van der Waals surface area contributed by atoms with Gasteiger partial charge in [-0.2, -0.15) is 0 Å². The van der Waals surface area contributed by atoms with Crippen molar-refractivity contribution in [3.05, 3.63) is 59.2 Å². The van der Waals surface area contributed by atoms with Crippen molar-refractivity contribution in [2.45, 2.75) is 64.6 Å². The third-order valence-corrected chi connectivity index (χ3v) is 7.69. The van der Waals surface area contributed by atoms with Crippen LogP contribution in [0.5, 0.6) is 5.75 Å². The second-order valence-electron chi connectivity index (χ2n) is 10.6. The first kappa shape index (κ1) is 27.1. The van der Waals surface area contributed by atoms with Gasteiger partial charge in [0.25, 0.3) is 0 Å². The second-order valence-corrected chi connectivity index (χ2v) is 10.6. The van der Waals surface area contributed by atoms with Crippen molar-refractivity contribution in [3.63, 3.8) is 0 Å². The average Bonchev–Trinajstić information content (AvgIpc) is 2.89. The van der Waals surface area contributed by atoms with Gasteiger partial charge in [0, 0.05) is 50.9 Å². The van der Waals surface area contributed by atoms with Crippen molar-refractivity contribution >= 4 is 17.6 Å². The molecule has 37 heavy (non-hydrogen) atoms. The predicted octanol–water partition coefficient (Wildman–Crippen LogP) is 4.10. The monoisotopic (exact) mass is 507 g/mol. The minimum absolute atomic E-state index is 0.0119. The fourth-order valence-electron chi connectivity index (χ4n) is 5.45. The standard InChI is InChI=1S/C30H41N3O4/c1-21-16-26(11-8-25(21)20-33-15-14-31-22(2)19-33)32(3)30(35)24-9-12-27(13-10-24)37-28-7-5-6-23(17-28)18-29(34)36-4/h5-8,11,16-17,22,24,27,31H,9-10,12-15,18-20H2,1-4H3. The number of carbonyl (C=O) groups is 2. The lowest BCUT2D eigenvalue weighted by atomic mass is 9.86. The highest BCUT2D eigenvalue weighted by Gasteiger charge is 2.30. The zero-order valence-electron chi connectivity index (χ0n) is 22.7. The first-order valence-corrected chi connectivity index (χ1v) is 13.5. The summed E-state index contributed by atoms with van der Waals surface area (Å²) in [6.45, 7) is 8.48. The Morgan fingerprint density at radius 2 is 1.89 bits per heavy atom. The predicted molar refractivity (Wildman–Crippen MR) is 146 cm³/mol. The zero-order chi connectivity index (χ0) is 26.4. The molecule has 7 nitrogen and oxygen atoms in total. The summed E-state index contributed by atoms with van der Waals surface area (Å²) in [4.78, 5) is 29.2. The summed E-state index contributed by atoms with van der Waals surface area (Å²) in [6, 6.07) is 14.5. The van der Waals surface area contributed by atoms with Gasteiger partial charge < -0.3 is 19.7 Å². The quantitative estimate of drug-likeness (QED) is 0.543. The lowest BCUT2D eigenvalue weighted by Crippen LogP contribution is -2.48. The van der Waals surface area contributed by atoms with Gasteiger partial charge in [0.1, 0.15) is 5.75 Å². The smallest absolute Gasteiger partial charge is 0.309 e. The number of carbonyl (C=O) groups excluding carboxylic acids is 2. The van der Waals surface area contributed by atoms with Crippen LogP contribution in [0.25, 0.3) is 0 Å². The Bertz CT molecular complexity index is 1080. The number of methoxy groups -OCH3 is 1. The molecule has 1 atom stereocenters. The molecule has 1 amide bonds. The number of nitrogens with zero attached hydrogens (tertiary/aromatic N) is 2. The fourth-order valence-corrected chi connectivity index (χ4v) is 5.45. The summed E-state index contributed by atoms with van der Waals surface area (Å²) >= 11 is 0. The van der Waals surface area contributed by atoms with Crippen molar-refractivity contribution < 1.29 is 19.1 Å². The highest BCUT2D eigenvalue weighted by Crippen LogP contribution is 2.31. The molecule has 0 aromatic heterocycles. The first-order chi connectivity index (χ1) is 17.8. The first-order valence-electron chi connectivity index (χ1n) is 13.5. The van der Waals surface area contributed by atoms with E-state index < -0.39 is 0 Å². The van der Waals surface area contributed by atoms with E-state index in [1.165, 1.54) is 18.2 Å². The molecule has 0 bridgehead atoms. The van der Waals surface area contributed by atoms with Crippen molar-refractivity contribution in [3.8, 4) is 5.75 Å². The Labute approximate surface area is 221 Å². The lowest BCUT2D eigenvalue weighted by Gasteiger charge is -2.32. The van der Waals surface area contributed by atoms with E-state index in [0.29, 0.717) is 6.04 Å². The van der Waals surface area contributed by atoms with Gasteiger partial charge in [-0.1, -0.05) is 18.2 Å². The lowest BCUT2D eigenvalue weighted by molar-refractivity contribution is -0.139. The van der Waals surface area contributed by atoms with E-state index in [9.17, 15) is 9.59 Å². The van der Waals surface area contributed by atoms with E-state index >= 15 is 0 Å².